The number of halogens is 1. The number of aliphatic imine (C=N–C) groups is 1. The molecule has 10 nitrogen and oxygen atoms in total. The van der Waals surface area contributed by atoms with Gasteiger partial charge >= 0.3 is 0 Å². The molecular formula is C22H22ClN5O5. The summed E-state index contributed by atoms with van der Waals surface area (Å²) in [5.74, 6) is -0.969. The molecule has 0 spiro atoms. The highest BCUT2D eigenvalue weighted by Crippen LogP contribution is 2.26. The van der Waals surface area contributed by atoms with Crippen molar-refractivity contribution in [3.8, 4) is 0 Å². The maximum Gasteiger partial charge on any atom is 0.259 e. The summed E-state index contributed by atoms with van der Waals surface area (Å²) in [4.78, 5) is 43.0. The molecule has 3 heterocycles. The van der Waals surface area contributed by atoms with Crippen molar-refractivity contribution < 1.29 is 24.2 Å². The van der Waals surface area contributed by atoms with Crippen molar-refractivity contribution in [1.29, 1.82) is 0 Å². The molecule has 3 amide bonds. The summed E-state index contributed by atoms with van der Waals surface area (Å²) in [6, 6.07) is 10.2. The van der Waals surface area contributed by atoms with E-state index in [4.69, 9.17) is 10.5 Å². The molecule has 2 atom stereocenters. The van der Waals surface area contributed by atoms with Crippen molar-refractivity contribution >= 4 is 47.3 Å². The van der Waals surface area contributed by atoms with Crippen molar-refractivity contribution in [2.24, 2.45) is 10.7 Å². The van der Waals surface area contributed by atoms with Crippen molar-refractivity contribution in [2.75, 3.05) is 23.4 Å². The molecular weight excluding hydrogens is 450 g/mol. The van der Waals surface area contributed by atoms with E-state index in [0.717, 1.165) is 16.7 Å². The number of aliphatic hydroxyl groups is 1. The zero-order chi connectivity index (χ0) is 22.4. The van der Waals surface area contributed by atoms with Gasteiger partial charge in [0.1, 0.15) is 5.84 Å². The second-order valence-electron chi connectivity index (χ2n) is 7.81. The van der Waals surface area contributed by atoms with Crippen molar-refractivity contribution in [3.05, 3.63) is 58.7 Å². The van der Waals surface area contributed by atoms with E-state index in [2.05, 4.69) is 15.6 Å². The number of hydrogen-bond donors (Lipinski definition) is 4. The highest BCUT2D eigenvalue weighted by molar-refractivity contribution is 6.05. The first kappa shape index (κ1) is 22.7. The number of anilines is 2. The Morgan fingerprint density at radius 1 is 1.21 bits per heavy atom. The van der Waals surface area contributed by atoms with Gasteiger partial charge in [-0.05, 0) is 47.5 Å². The van der Waals surface area contributed by atoms with Crippen LogP contribution in [0.1, 0.15) is 27.0 Å². The van der Waals surface area contributed by atoms with Crippen LogP contribution in [0.15, 0.2) is 41.4 Å². The smallest absolute Gasteiger partial charge is 0.259 e. The standard InChI is InChI=1S/C22H21N5O5.ClH/c23-19-15-3-1-13(7-11(15)9-24-19)26-21(30)17(28)18-22(31)27(5-6-32-18)14-2-4-16-12(8-14)10-25-20(16)29;/h1-4,7-8,17-18,28H,5-6,9-10H2,(H2,23,24)(H,25,29)(H,26,30);1H/t17-,18-;/m1./s1. The number of nitrogens with two attached hydrogens (primary N) is 1. The van der Waals surface area contributed by atoms with E-state index in [0.29, 0.717) is 35.9 Å². The Morgan fingerprint density at radius 2 is 2.00 bits per heavy atom. The van der Waals surface area contributed by atoms with Crippen LogP contribution in [0.25, 0.3) is 0 Å². The van der Waals surface area contributed by atoms with Gasteiger partial charge in [0, 0.05) is 35.6 Å². The molecule has 5 N–H and O–H groups in total. The van der Waals surface area contributed by atoms with Crippen LogP contribution >= 0.6 is 12.4 Å². The number of hydrogen-bond acceptors (Lipinski definition) is 7. The molecule has 0 radical (unpaired) electrons. The third-order valence-corrected chi connectivity index (χ3v) is 5.83. The second kappa shape index (κ2) is 8.81. The molecule has 0 aromatic heterocycles. The Balaban J connectivity index is 0.00000259. The van der Waals surface area contributed by atoms with E-state index >= 15 is 0 Å². The monoisotopic (exact) mass is 471 g/mol. The SMILES string of the molecule is Cl.NC1=NCc2cc(NC(=O)[C@H](O)[C@H]3OCCN(c4ccc5c(c4)CNC5=O)C3=O)ccc21. The van der Waals surface area contributed by atoms with Crippen LogP contribution in [-0.2, 0) is 27.4 Å². The van der Waals surface area contributed by atoms with Gasteiger partial charge in [0.2, 0.25) is 0 Å². The maximum atomic E-state index is 13.0. The van der Waals surface area contributed by atoms with Gasteiger partial charge in [0.15, 0.2) is 12.2 Å². The van der Waals surface area contributed by atoms with Crippen LogP contribution < -0.4 is 21.3 Å². The summed E-state index contributed by atoms with van der Waals surface area (Å²) in [6.45, 7) is 1.25. The third kappa shape index (κ3) is 4.04. The molecule has 33 heavy (non-hydrogen) atoms. The molecule has 172 valence electrons. The Bertz CT molecular complexity index is 1180. The van der Waals surface area contributed by atoms with E-state index in [9.17, 15) is 19.5 Å². The van der Waals surface area contributed by atoms with E-state index < -0.39 is 24.0 Å². The number of morpholine rings is 1. The fourth-order valence-electron chi connectivity index (χ4n) is 4.14. The summed E-state index contributed by atoms with van der Waals surface area (Å²) >= 11 is 0. The molecule has 2 aromatic carbocycles. The summed E-state index contributed by atoms with van der Waals surface area (Å²) in [6.07, 6.45) is -3.04. The Hall–Kier alpha value is -3.47. The number of nitrogens with zero attached hydrogens (tertiary/aromatic N) is 2. The predicted molar refractivity (Wildman–Crippen MR) is 122 cm³/mol. The highest BCUT2D eigenvalue weighted by atomic mass is 35.5. The van der Waals surface area contributed by atoms with Crippen molar-refractivity contribution in [3.63, 3.8) is 0 Å². The number of ether oxygens (including phenoxy) is 1. The molecule has 1 saturated heterocycles. The van der Waals surface area contributed by atoms with Crippen LogP contribution in [-0.4, -0.2) is 54.0 Å². The summed E-state index contributed by atoms with van der Waals surface area (Å²) in [7, 11) is 0. The predicted octanol–water partition coefficient (Wildman–Crippen LogP) is 0.302. The first-order valence-electron chi connectivity index (χ1n) is 10.2. The average Bonchev–Trinajstić information content (AvgIpc) is 3.35. The van der Waals surface area contributed by atoms with Gasteiger partial charge in [0.25, 0.3) is 17.7 Å². The van der Waals surface area contributed by atoms with E-state index in [1.165, 1.54) is 4.90 Å². The number of benzene rings is 2. The quantitative estimate of drug-likeness (QED) is 0.504. The molecule has 3 aliphatic rings. The molecule has 11 heteroatoms. The number of nitrogens with one attached hydrogen (secondary N) is 2. The third-order valence-electron chi connectivity index (χ3n) is 5.83. The van der Waals surface area contributed by atoms with Gasteiger partial charge in [0.05, 0.1) is 13.2 Å². The van der Waals surface area contributed by atoms with Crippen molar-refractivity contribution in [2.45, 2.75) is 25.3 Å². The Kier molecular flexibility index (Phi) is 6.07. The average molecular weight is 472 g/mol. The second-order valence-corrected chi connectivity index (χ2v) is 7.81. The van der Waals surface area contributed by atoms with Crippen LogP contribution in [0.4, 0.5) is 11.4 Å². The van der Waals surface area contributed by atoms with E-state index in [1.54, 1.807) is 36.4 Å². The van der Waals surface area contributed by atoms with Gasteiger partial charge in [-0.1, -0.05) is 0 Å². The topological polar surface area (TPSA) is 146 Å². The minimum atomic E-state index is -1.70. The van der Waals surface area contributed by atoms with Gasteiger partial charge in [-0.25, -0.2) is 0 Å². The molecule has 0 unspecified atom stereocenters. The molecule has 0 bridgehead atoms. The minimum absolute atomic E-state index is 0. The lowest BCUT2D eigenvalue weighted by Crippen LogP contribution is -2.55. The maximum absolute atomic E-state index is 13.0. The molecule has 0 saturated carbocycles. The van der Waals surface area contributed by atoms with E-state index in [-0.39, 0.29) is 31.5 Å². The summed E-state index contributed by atoms with van der Waals surface area (Å²) in [5, 5.41) is 15.9. The number of amidine groups is 1. The lowest BCUT2D eigenvalue weighted by atomic mass is 10.1. The van der Waals surface area contributed by atoms with Crippen LogP contribution in [0, 0.1) is 0 Å². The largest absolute Gasteiger partial charge is 0.383 e. The Morgan fingerprint density at radius 3 is 2.82 bits per heavy atom. The van der Waals surface area contributed by atoms with Crippen LogP contribution in [0.5, 0.6) is 0 Å². The summed E-state index contributed by atoms with van der Waals surface area (Å²) < 4.78 is 5.46. The van der Waals surface area contributed by atoms with Crippen LogP contribution in [0.3, 0.4) is 0 Å². The minimum Gasteiger partial charge on any atom is -0.383 e. The molecule has 0 aliphatic carbocycles. The van der Waals surface area contributed by atoms with Crippen LogP contribution in [0.2, 0.25) is 0 Å². The first-order valence-corrected chi connectivity index (χ1v) is 10.2. The number of amides is 3. The number of carbonyl (C=O) groups is 3. The summed E-state index contributed by atoms with van der Waals surface area (Å²) in [5.41, 5.74) is 9.91. The van der Waals surface area contributed by atoms with Gasteiger partial charge in [-0.3, -0.25) is 19.4 Å². The lowest BCUT2D eigenvalue weighted by Gasteiger charge is -2.34. The zero-order valence-corrected chi connectivity index (χ0v) is 18.2. The number of carbonyl (C=O) groups excluding carboxylic acids is 3. The van der Waals surface area contributed by atoms with E-state index in [1.807, 2.05) is 0 Å². The zero-order valence-electron chi connectivity index (χ0n) is 17.4. The van der Waals surface area contributed by atoms with Gasteiger partial charge < -0.3 is 31.1 Å². The fourth-order valence-corrected chi connectivity index (χ4v) is 4.14. The molecule has 2 aromatic rings. The highest BCUT2D eigenvalue weighted by Gasteiger charge is 2.39. The lowest BCUT2D eigenvalue weighted by molar-refractivity contribution is -0.150. The normalized spacial score (nSPS) is 19.7. The first-order chi connectivity index (χ1) is 15.4. The Labute approximate surface area is 195 Å². The van der Waals surface area contributed by atoms with Gasteiger partial charge in [-0.15, -0.1) is 12.4 Å². The number of rotatable bonds is 4. The fraction of sp³-hybridized carbons (Fsp3) is 0.273. The van der Waals surface area contributed by atoms with Crippen molar-refractivity contribution in [1.82, 2.24) is 5.32 Å². The molecule has 3 aliphatic heterocycles. The molecule has 5 rings (SSSR count). The number of fused-ring (bicyclic) bond motifs is 2. The number of aliphatic hydroxyl groups excluding tert-OH is 1. The molecule has 1 fully saturated rings. The van der Waals surface area contributed by atoms with Gasteiger partial charge in [-0.2, -0.15) is 0 Å².